The van der Waals surface area contributed by atoms with Gasteiger partial charge in [-0.15, -0.1) is 0 Å². The normalized spacial score (nSPS) is 11.4. The van der Waals surface area contributed by atoms with Gasteiger partial charge in [-0.3, -0.25) is 23.3 Å². The van der Waals surface area contributed by atoms with Crippen molar-refractivity contribution in [3.63, 3.8) is 0 Å². The number of para-hydroxylation sites is 1. The minimum absolute atomic E-state index is 0.0402. The zero-order valence-electron chi connectivity index (χ0n) is 12.8. The molecule has 0 N–H and O–H groups in total. The van der Waals surface area contributed by atoms with Crippen LogP contribution in [0.4, 0.5) is 0 Å². The van der Waals surface area contributed by atoms with E-state index in [1.54, 1.807) is 30.3 Å². The third-order valence-electron chi connectivity index (χ3n) is 3.99. The van der Waals surface area contributed by atoms with Crippen LogP contribution in [0, 0.1) is 0 Å². The van der Waals surface area contributed by atoms with Crippen molar-refractivity contribution >= 4 is 22.1 Å². The fourth-order valence-electron chi connectivity index (χ4n) is 2.81. The number of pyridine rings is 1. The summed E-state index contributed by atoms with van der Waals surface area (Å²) < 4.78 is 8.12. The van der Waals surface area contributed by atoms with Crippen LogP contribution >= 0.6 is 0 Å². The Morgan fingerprint density at radius 3 is 2.25 bits per heavy atom. The molecular formula is C15H11N5O4. The second-order valence-corrected chi connectivity index (χ2v) is 5.34. The average Bonchev–Trinajstić information content (AvgIpc) is 3.08. The molecule has 0 aliphatic rings. The summed E-state index contributed by atoms with van der Waals surface area (Å²) in [6.07, 6.45) is 0. The monoisotopic (exact) mass is 325 g/mol. The molecule has 3 aromatic heterocycles. The standard InChI is InChI=1S/C15H11N5O4/c1-18-12-9(13(21)19(2)15(18)23)10-11(17-24-16-10)14(22)20(12)8-6-4-3-5-7-8/h3-7H,1-2H3. The van der Waals surface area contributed by atoms with Crippen molar-refractivity contribution in [3.05, 3.63) is 61.5 Å². The van der Waals surface area contributed by atoms with E-state index in [0.29, 0.717) is 5.69 Å². The summed E-state index contributed by atoms with van der Waals surface area (Å²) >= 11 is 0. The number of aromatic nitrogens is 5. The van der Waals surface area contributed by atoms with Gasteiger partial charge in [-0.25, -0.2) is 9.42 Å². The molecule has 9 nitrogen and oxygen atoms in total. The lowest BCUT2D eigenvalue weighted by Gasteiger charge is -2.14. The second-order valence-electron chi connectivity index (χ2n) is 5.34. The first-order chi connectivity index (χ1) is 11.5. The van der Waals surface area contributed by atoms with E-state index in [2.05, 4.69) is 14.9 Å². The maximum absolute atomic E-state index is 12.8. The Morgan fingerprint density at radius 2 is 1.54 bits per heavy atom. The van der Waals surface area contributed by atoms with E-state index in [1.165, 1.54) is 23.2 Å². The lowest BCUT2D eigenvalue weighted by atomic mass is 10.2. The number of nitrogens with zero attached hydrogens (tertiary/aromatic N) is 5. The zero-order chi connectivity index (χ0) is 17.0. The summed E-state index contributed by atoms with van der Waals surface area (Å²) in [4.78, 5) is 37.8. The lowest BCUT2D eigenvalue weighted by Crippen LogP contribution is -2.39. The maximum atomic E-state index is 12.8. The first-order valence-electron chi connectivity index (χ1n) is 7.05. The molecule has 0 saturated carbocycles. The van der Waals surface area contributed by atoms with Crippen LogP contribution in [0.1, 0.15) is 0 Å². The van der Waals surface area contributed by atoms with E-state index < -0.39 is 16.8 Å². The van der Waals surface area contributed by atoms with Crippen LogP contribution in [-0.2, 0) is 14.1 Å². The molecule has 9 heteroatoms. The van der Waals surface area contributed by atoms with Crippen LogP contribution in [0.2, 0.25) is 0 Å². The Hall–Kier alpha value is -3.49. The number of benzene rings is 1. The molecule has 0 spiro atoms. The van der Waals surface area contributed by atoms with Crippen molar-refractivity contribution in [2.45, 2.75) is 0 Å². The third kappa shape index (κ3) is 1.66. The summed E-state index contributed by atoms with van der Waals surface area (Å²) in [7, 11) is 2.85. The highest BCUT2D eigenvalue weighted by Gasteiger charge is 2.22. The minimum Gasteiger partial charge on any atom is -0.281 e. The summed E-state index contributed by atoms with van der Waals surface area (Å²) in [6.45, 7) is 0. The highest BCUT2D eigenvalue weighted by Crippen LogP contribution is 2.18. The highest BCUT2D eigenvalue weighted by molar-refractivity contribution is 6.00. The SMILES string of the molecule is Cn1c(=O)c2c3nonc3c(=O)n(-c3ccccc3)c2n(C)c1=O. The first kappa shape index (κ1) is 14.1. The molecule has 0 aliphatic heterocycles. The van der Waals surface area contributed by atoms with Gasteiger partial charge in [0.1, 0.15) is 11.0 Å². The van der Waals surface area contributed by atoms with Gasteiger partial charge in [0, 0.05) is 14.1 Å². The average molecular weight is 325 g/mol. The molecule has 4 rings (SSSR count). The Morgan fingerprint density at radius 1 is 0.875 bits per heavy atom. The fourth-order valence-corrected chi connectivity index (χ4v) is 2.81. The number of rotatable bonds is 1. The molecule has 24 heavy (non-hydrogen) atoms. The van der Waals surface area contributed by atoms with E-state index >= 15 is 0 Å². The van der Waals surface area contributed by atoms with Crippen molar-refractivity contribution < 1.29 is 4.63 Å². The second kappa shape index (κ2) is 4.75. The molecule has 0 fully saturated rings. The van der Waals surface area contributed by atoms with E-state index in [4.69, 9.17) is 0 Å². The van der Waals surface area contributed by atoms with Gasteiger partial charge in [0.05, 0.1) is 5.69 Å². The molecule has 120 valence electrons. The van der Waals surface area contributed by atoms with Gasteiger partial charge < -0.3 is 0 Å². The van der Waals surface area contributed by atoms with Crippen molar-refractivity contribution in [1.82, 2.24) is 24.0 Å². The predicted octanol–water partition coefficient (Wildman–Crippen LogP) is -0.0757. The summed E-state index contributed by atoms with van der Waals surface area (Å²) in [5, 5.41) is 7.41. The van der Waals surface area contributed by atoms with Gasteiger partial charge in [-0.05, 0) is 22.4 Å². The van der Waals surface area contributed by atoms with Crippen LogP contribution in [0.3, 0.4) is 0 Å². The van der Waals surface area contributed by atoms with E-state index in [9.17, 15) is 14.4 Å². The lowest BCUT2D eigenvalue weighted by molar-refractivity contribution is 0.315. The maximum Gasteiger partial charge on any atom is 0.332 e. The van der Waals surface area contributed by atoms with Crippen LogP contribution in [0.5, 0.6) is 0 Å². The van der Waals surface area contributed by atoms with Crippen molar-refractivity contribution in [2.75, 3.05) is 0 Å². The van der Waals surface area contributed by atoms with Gasteiger partial charge in [-0.2, -0.15) is 0 Å². The quantitative estimate of drug-likeness (QED) is 0.485. The largest absolute Gasteiger partial charge is 0.332 e. The smallest absolute Gasteiger partial charge is 0.281 e. The highest BCUT2D eigenvalue weighted by atomic mass is 16.6. The molecule has 0 radical (unpaired) electrons. The number of aryl methyl sites for hydroxylation is 1. The molecule has 0 saturated heterocycles. The number of hydrogen-bond acceptors (Lipinski definition) is 6. The van der Waals surface area contributed by atoms with Gasteiger partial charge in [0.2, 0.25) is 5.52 Å². The zero-order valence-corrected chi connectivity index (χ0v) is 12.8. The van der Waals surface area contributed by atoms with Gasteiger partial charge in [-0.1, -0.05) is 18.2 Å². The van der Waals surface area contributed by atoms with E-state index in [-0.39, 0.29) is 22.1 Å². The Labute approximate surface area is 132 Å². The van der Waals surface area contributed by atoms with E-state index in [1.807, 2.05) is 0 Å². The third-order valence-corrected chi connectivity index (χ3v) is 3.99. The molecule has 0 bridgehead atoms. The molecule has 0 aliphatic carbocycles. The molecule has 1 aromatic carbocycles. The van der Waals surface area contributed by atoms with Gasteiger partial charge >= 0.3 is 5.69 Å². The summed E-state index contributed by atoms with van der Waals surface area (Å²) in [5.41, 5.74) is -1.03. The summed E-state index contributed by atoms with van der Waals surface area (Å²) in [6, 6.07) is 8.69. The molecule has 0 unspecified atom stereocenters. The van der Waals surface area contributed by atoms with Crippen molar-refractivity contribution in [2.24, 2.45) is 14.1 Å². The number of fused-ring (bicyclic) bond motifs is 3. The molecule has 3 heterocycles. The van der Waals surface area contributed by atoms with Crippen LogP contribution in [0.15, 0.2) is 49.3 Å². The predicted molar refractivity (Wildman–Crippen MR) is 85.4 cm³/mol. The molecule has 4 aromatic rings. The van der Waals surface area contributed by atoms with Crippen molar-refractivity contribution in [3.8, 4) is 5.69 Å². The first-order valence-corrected chi connectivity index (χ1v) is 7.05. The Bertz CT molecular complexity index is 1280. The minimum atomic E-state index is -0.571. The van der Waals surface area contributed by atoms with Crippen LogP contribution in [-0.4, -0.2) is 24.0 Å². The topological polar surface area (TPSA) is 105 Å². The fraction of sp³-hybridized carbons (Fsp3) is 0.133. The molecule has 0 amide bonds. The molecular weight excluding hydrogens is 314 g/mol. The van der Waals surface area contributed by atoms with Crippen LogP contribution in [0.25, 0.3) is 27.8 Å². The van der Waals surface area contributed by atoms with Crippen molar-refractivity contribution in [1.29, 1.82) is 0 Å². The van der Waals surface area contributed by atoms with Gasteiger partial charge in [0.15, 0.2) is 5.52 Å². The Kier molecular flexibility index (Phi) is 2.80. The molecule has 0 atom stereocenters. The van der Waals surface area contributed by atoms with E-state index in [0.717, 1.165) is 4.57 Å². The van der Waals surface area contributed by atoms with Gasteiger partial charge in [0.25, 0.3) is 11.1 Å². The number of hydrogen-bond donors (Lipinski definition) is 0. The summed E-state index contributed by atoms with van der Waals surface area (Å²) in [5.74, 6) is 0. The Balaban J connectivity index is 2.44. The van der Waals surface area contributed by atoms with Crippen LogP contribution < -0.4 is 16.8 Å².